The molecule has 180 valence electrons. The average molecular weight is 525 g/mol. The van der Waals surface area contributed by atoms with Gasteiger partial charge in [-0.05, 0) is 21.5 Å². The van der Waals surface area contributed by atoms with E-state index in [0.29, 0.717) is 17.8 Å². The van der Waals surface area contributed by atoms with Crippen LogP contribution < -0.4 is 10.4 Å². The molecule has 0 aliphatic carbocycles. The number of fused-ring (bicyclic) bond motifs is 1. The quantitative estimate of drug-likeness (QED) is 0.245. The molecule has 1 aliphatic rings. The molecule has 0 unspecified atom stereocenters. The van der Waals surface area contributed by atoms with Crippen LogP contribution in [0.3, 0.4) is 0 Å². The van der Waals surface area contributed by atoms with Crippen molar-refractivity contribution in [3.63, 3.8) is 0 Å². The Balaban J connectivity index is 1.46. The van der Waals surface area contributed by atoms with Crippen molar-refractivity contribution in [2.75, 3.05) is 6.61 Å². The zero-order valence-corrected chi connectivity index (χ0v) is 22.3. The molecule has 3 heterocycles. The van der Waals surface area contributed by atoms with Crippen LogP contribution in [0.15, 0.2) is 85.2 Å². The van der Waals surface area contributed by atoms with Crippen molar-refractivity contribution in [2.45, 2.75) is 36.4 Å². The summed E-state index contributed by atoms with van der Waals surface area (Å²) in [5, 5.41) is 1.79. The van der Waals surface area contributed by atoms with Gasteiger partial charge in [-0.15, -0.1) is 11.8 Å². The molecule has 2 aromatic carbocycles. The van der Waals surface area contributed by atoms with Crippen molar-refractivity contribution in [2.24, 2.45) is 0 Å². The van der Waals surface area contributed by atoms with Crippen LogP contribution in [0.4, 0.5) is 4.39 Å². The highest BCUT2D eigenvalue weighted by atomic mass is 35.5. The van der Waals surface area contributed by atoms with Crippen molar-refractivity contribution in [3.8, 4) is 0 Å². The molecular formula is C26H26ClFN4OSSi. The van der Waals surface area contributed by atoms with Gasteiger partial charge < -0.3 is 4.43 Å². The average Bonchev–Trinajstić information content (AvgIpc) is 3.44. The molecule has 0 radical (unpaired) electrons. The van der Waals surface area contributed by atoms with Crippen molar-refractivity contribution in [3.05, 3.63) is 90.4 Å². The van der Waals surface area contributed by atoms with Crippen LogP contribution in [-0.4, -0.2) is 39.7 Å². The third kappa shape index (κ3) is 4.33. The summed E-state index contributed by atoms with van der Waals surface area (Å²) in [6, 6.07) is 20.9. The molecule has 9 heteroatoms. The second-order valence-electron chi connectivity index (χ2n) is 9.54. The van der Waals surface area contributed by atoms with Crippen LogP contribution >= 0.6 is 23.4 Å². The normalized spacial score (nSPS) is 18.7. The Hall–Kier alpha value is -2.52. The smallest absolute Gasteiger partial charge is 0.261 e. The fraction of sp³-hybridized carbons (Fsp3) is 0.269. The zero-order valence-electron chi connectivity index (χ0n) is 19.7. The van der Waals surface area contributed by atoms with Crippen molar-refractivity contribution in [1.29, 1.82) is 0 Å². The number of thioether (sulfide) groups is 1. The molecular weight excluding hydrogens is 499 g/mol. The van der Waals surface area contributed by atoms with Crippen LogP contribution in [0.1, 0.15) is 26.1 Å². The van der Waals surface area contributed by atoms with Crippen molar-refractivity contribution < 1.29 is 8.82 Å². The summed E-state index contributed by atoms with van der Waals surface area (Å²) >= 11 is 7.63. The van der Waals surface area contributed by atoms with E-state index in [2.05, 4.69) is 84.3 Å². The predicted octanol–water partition coefficient (Wildman–Crippen LogP) is 5.52. The molecule has 4 aromatic rings. The first kappa shape index (κ1) is 24.2. The first-order valence-electron chi connectivity index (χ1n) is 11.4. The minimum Gasteiger partial charge on any atom is -0.406 e. The van der Waals surface area contributed by atoms with Gasteiger partial charge in [0.15, 0.2) is 10.8 Å². The van der Waals surface area contributed by atoms with Crippen molar-refractivity contribution >= 4 is 53.2 Å². The van der Waals surface area contributed by atoms with Gasteiger partial charge in [0, 0.05) is 0 Å². The summed E-state index contributed by atoms with van der Waals surface area (Å²) < 4.78 is 23.9. The molecule has 0 saturated carbocycles. The molecule has 0 spiro atoms. The zero-order chi connectivity index (χ0) is 24.6. The Kier molecular flexibility index (Phi) is 6.56. The third-order valence-electron chi connectivity index (χ3n) is 6.33. The van der Waals surface area contributed by atoms with Gasteiger partial charge in [0.1, 0.15) is 23.0 Å². The van der Waals surface area contributed by atoms with E-state index in [1.807, 2.05) is 12.1 Å². The standard InChI is InChI=1S/C26H26ClFN4OSSi/c1-26(2,3)35(19-10-6-4-7-11-19,20-12-8-5-9-13-20)33-15-18-14-21(28)25(34-18)32-17-31-22-23(27)29-16-30-24(22)32/h4-14,16-18,25H,15H2,1-3H3/t18-,25+/m1/s1. The predicted molar refractivity (Wildman–Crippen MR) is 144 cm³/mol. The summed E-state index contributed by atoms with van der Waals surface area (Å²) in [4.78, 5) is 12.5. The molecule has 0 saturated heterocycles. The lowest BCUT2D eigenvalue weighted by Gasteiger charge is -2.43. The largest absolute Gasteiger partial charge is 0.406 e. The van der Waals surface area contributed by atoms with E-state index in [1.165, 1.54) is 28.5 Å². The number of nitrogens with zero attached hydrogens (tertiary/aromatic N) is 4. The second-order valence-corrected chi connectivity index (χ2v) is 15.5. The van der Waals surface area contributed by atoms with Crippen LogP contribution in [0.5, 0.6) is 0 Å². The number of hydrogen-bond acceptors (Lipinski definition) is 5. The maximum Gasteiger partial charge on any atom is 0.261 e. The molecule has 0 fully saturated rings. The molecule has 1 aliphatic heterocycles. The van der Waals surface area contributed by atoms with Gasteiger partial charge in [0.05, 0.1) is 18.2 Å². The van der Waals surface area contributed by atoms with Crippen molar-refractivity contribution in [1.82, 2.24) is 19.5 Å². The Morgan fingerprint density at radius 2 is 1.63 bits per heavy atom. The minimum atomic E-state index is -2.70. The SMILES string of the molecule is CC(C)(C)[Si](OC[C@H]1C=C(F)[C@@H](n2cnc3c(Cl)ncnc32)S1)(c1ccccc1)c1ccccc1. The number of hydrogen-bond donors (Lipinski definition) is 0. The lowest BCUT2D eigenvalue weighted by atomic mass is 10.2. The van der Waals surface area contributed by atoms with E-state index in [1.54, 1.807) is 17.0 Å². The highest BCUT2D eigenvalue weighted by molar-refractivity contribution is 8.00. The van der Waals surface area contributed by atoms with E-state index in [4.69, 9.17) is 16.0 Å². The molecule has 0 N–H and O–H groups in total. The first-order valence-corrected chi connectivity index (χ1v) is 14.6. The van der Waals surface area contributed by atoms with E-state index >= 15 is 4.39 Å². The lowest BCUT2D eigenvalue weighted by Crippen LogP contribution is -2.67. The van der Waals surface area contributed by atoms with Gasteiger partial charge in [-0.2, -0.15) is 0 Å². The van der Waals surface area contributed by atoms with Crippen LogP contribution in [0.25, 0.3) is 11.2 Å². The molecule has 2 aromatic heterocycles. The molecule has 5 rings (SSSR count). The molecule has 5 nitrogen and oxygen atoms in total. The lowest BCUT2D eigenvalue weighted by molar-refractivity contribution is 0.308. The maximum absolute atomic E-state index is 15.2. The molecule has 0 amide bonds. The number of imidazole rings is 1. The molecule has 0 bridgehead atoms. The maximum atomic E-state index is 15.2. The second kappa shape index (κ2) is 9.50. The molecule has 2 atom stereocenters. The highest BCUT2D eigenvalue weighted by Crippen LogP contribution is 2.44. The van der Waals surface area contributed by atoms with Crippen LogP contribution in [-0.2, 0) is 4.43 Å². The monoisotopic (exact) mass is 524 g/mol. The minimum absolute atomic E-state index is 0.144. The van der Waals surface area contributed by atoms with E-state index in [-0.39, 0.29) is 21.3 Å². The highest BCUT2D eigenvalue weighted by Gasteiger charge is 2.50. The van der Waals surface area contributed by atoms with E-state index in [9.17, 15) is 0 Å². The van der Waals surface area contributed by atoms with Gasteiger partial charge in [0.25, 0.3) is 8.32 Å². The summed E-state index contributed by atoms with van der Waals surface area (Å²) in [6.07, 6.45) is 4.59. The summed E-state index contributed by atoms with van der Waals surface area (Å²) in [6.45, 7) is 7.11. The first-order chi connectivity index (χ1) is 16.8. The van der Waals surface area contributed by atoms with E-state index < -0.39 is 13.7 Å². The summed E-state index contributed by atoms with van der Waals surface area (Å²) in [7, 11) is -2.70. The van der Waals surface area contributed by atoms with Crippen LogP contribution in [0.2, 0.25) is 10.2 Å². The van der Waals surface area contributed by atoms with Crippen LogP contribution in [0, 0.1) is 0 Å². The molecule has 35 heavy (non-hydrogen) atoms. The topological polar surface area (TPSA) is 52.8 Å². The summed E-state index contributed by atoms with van der Waals surface area (Å²) in [5.74, 6) is -0.236. The van der Waals surface area contributed by atoms with Gasteiger partial charge in [0.2, 0.25) is 0 Å². The van der Waals surface area contributed by atoms with E-state index in [0.717, 1.165) is 0 Å². The fourth-order valence-corrected chi connectivity index (χ4v) is 10.8. The Bertz CT molecular complexity index is 1320. The number of aromatic nitrogens is 4. The summed E-state index contributed by atoms with van der Waals surface area (Å²) in [5.41, 5.74) is 0.981. The third-order valence-corrected chi connectivity index (χ3v) is 12.9. The van der Waals surface area contributed by atoms with Gasteiger partial charge >= 0.3 is 0 Å². The number of benzene rings is 2. The Labute approximate surface area is 214 Å². The van der Waals surface area contributed by atoms with Gasteiger partial charge in [-0.3, -0.25) is 4.57 Å². The Morgan fingerprint density at radius 3 is 2.23 bits per heavy atom. The van der Waals surface area contributed by atoms with Gasteiger partial charge in [-0.1, -0.05) is 93.0 Å². The number of rotatable bonds is 6. The fourth-order valence-electron chi connectivity index (χ4n) is 4.78. The number of halogens is 2. The van der Waals surface area contributed by atoms with Gasteiger partial charge in [-0.25, -0.2) is 19.3 Å². The Morgan fingerprint density at radius 1 is 1.00 bits per heavy atom.